The van der Waals surface area contributed by atoms with Crippen LogP contribution in [0.25, 0.3) is 0 Å². The maximum Gasteiger partial charge on any atom is 0.0707 e. The Bertz CT molecular complexity index is 243. The van der Waals surface area contributed by atoms with E-state index in [0.29, 0.717) is 11.5 Å². The second-order valence-corrected chi connectivity index (χ2v) is 5.64. The first-order valence-electron chi connectivity index (χ1n) is 6.87. The summed E-state index contributed by atoms with van der Waals surface area (Å²) in [6.45, 7) is 6.57. The van der Waals surface area contributed by atoms with Gasteiger partial charge in [0.2, 0.25) is 0 Å². The standard InChI is InChI=1S/C13H23NO3/c1-4-15-5-2-11(1)13(9-16-10-13)7-12-8-14-3-6-17-12/h11-12,14H,1-10H2. The summed E-state index contributed by atoms with van der Waals surface area (Å²) in [6, 6.07) is 0. The van der Waals surface area contributed by atoms with Crippen LogP contribution in [0, 0.1) is 11.3 Å². The molecule has 0 saturated carbocycles. The van der Waals surface area contributed by atoms with Gasteiger partial charge in [0.15, 0.2) is 0 Å². The minimum Gasteiger partial charge on any atom is -0.381 e. The van der Waals surface area contributed by atoms with E-state index in [4.69, 9.17) is 14.2 Å². The largest absolute Gasteiger partial charge is 0.381 e. The van der Waals surface area contributed by atoms with Crippen molar-refractivity contribution in [2.45, 2.75) is 25.4 Å². The lowest BCUT2D eigenvalue weighted by Gasteiger charge is -2.50. The molecule has 1 atom stereocenters. The molecule has 0 aromatic carbocycles. The SMILES string of the molecule is C1COC(CC2(C3CCOCC3)COC2)CN1. The van der Waals surface area contributed by atoms with Gasteiger partial charge in [-0.25, -0.2) is 0 Å². The Balaban J connectivity index is 1.60. The van der Waals surface area contributed by atoms with Crippen LogP contribution in [0.3, 0.4) is 0 Å². The van der Waals surface area contributed by atoms with Gasteiger partial charge in [-0.3, -0.25) is 0 Å². The molecule has 17 heavy (non-hydrogen) atoms. The van der Waals surface area contributed by atoms with Gasteiger partial charge in [0.05, 0.1) is 25.9 Å². The zero-order valence-corrected chi connectivity index (χ0v) is 10.5. The van der Waals surface area contributed by atoms with Crippen molar-refractivity contribution in [2.75, 3.05) is 46.1 Å². The van der Waals surface area contributed by atoms with E-state index in [2.05, 4.69) is 5.32 Å². The smallest absolute Gasteiger partial charge is 0.0707 e. The number of ether oxygens (including phenoxy) is 3. The summed E-state index contributed by atoms with van der Waals surface area (Å²) in [4.78, 5) is 0. The van der Waals surface area contributed by atoms with Crippen LogP contribution in [0.2, 0.25) is 0 Å². The third-order valence-electron chi connectivity index (χ3n) is 4.50. The molecule has 0 radical (unpaired) electrons. The zero-order chi connectivity index (χ0) is 11.6. The average Bonchev–Trinajstić information content (AvgIpc) is 2.36. The van der Waals surface area contributed by atoms with Gasteiger partial charge in [0.25, 0.3) is 0 Å². The van der Waals surface area contributed by atoms with Crippen LogP contribution in [0.1, 0.15) is 19.3 Å². The third kappa shape index (κ3) is 2.50. The average molecular weight is 241 g/mol. The minimum absolute atomic E-state index is 0.382. The molecule has 3 rings (SSSR count). The van der Waals surface area contributed by atoms with Crippen LogP contribution in [-0.2, 0) is 14.2 Å². The fraction of sp³-hybridized carbons (Fsp3) is 1.00. The molecule has 98 valence electrons. The van der Waals surface area contributed by atoms with Gasteiger partial charge in [-0.1, -0.05) is 0 Å². The molecular formula is C13H23NO3. The number of morpholine rings is 1. The minimum atomic E-state index is 0.382. The molecule has 3 aliphatic heterocycles. The molecule has 3 aliphatic rings. The van der Waals surface area contributed by atoms with E-state index in [1.807, 2.05) is 0 Å². The van der Waals surface area contributed by atoms with Crippen LogP contribution in [0.15, 0.2) is 0 Å². The second kappa shape index (κ2) is 5.22. The highest BCUT2D eigenvalue weighted by Crippen LogP contribution is 2.45. The first-order valence-corrected chi connectivity index (χ1v) is 6.87. The van der Waals surface area contributed by atoms with E-state index in [1.54, 1.807) is 0 Å². The van der Waals surface area contributed by atoms with E-state index in [0.717, 1.165) is 58.5 Å². The molecule has 1 N–H and O–H groups in total. The van der Waals surface area contributed by atoms with Crippen molar-refractivity contribution in [3.05, 3.63) is 0 Å². The summed E-state index contributed by atoms with van der Waals surface area (Å²) >= 11 is 0. The lowest BCUT2D eigenvalue weighted by molar-refractivity contribution is -0.183. The first kappa shape index (κ1) is 11.9. The van der Waals surface area contributed by atoms with Crippen molar-refractivity contribution in [3.63, 3.8) is 0 Å². The summed E-state index contributed by atoms with van der Waals surface area (Å²) in [7, 11) is 0. The van der Waals surface area contributed by atoms with Gasteiger partial charge in [-0.2, -0.15) is 0 Å². The monoisotopic (exact) mass is 241 g/mol. The first-order chi connectivity index (χ1) is 8.39. The van der Waals surface area contributed by atoms with E-state index in [9.17, 15) is 0 Å². The lowest BCUT2D eigenvalue weighted by atomic mass is 9.67. The Morgan fingerprint density at radius 2 is 1.88 bits per heavy atom. The number of hydrogen-bond donors (Lipinski definition) is 1. The Labute approximate surface area is 103 Å². The molecule has 4 nitrogen and oxygen atoms in total. The third-order valence-corrected chi connectivity index (χ3v) is 4.50. The quantitative estimate of drug-likeness (QED) is 0.793. The summed E-state index contributed by atoms with van der Waals surface area (Å²) in [5, 5.41) is 3.42. The van der Waals surface area contributed by atoms with Gasteiger partial charge >= 0.3 is 0 Å². The Morgan fingerprint density at radius 3 is 2.47 bits per heavy atom. The summed E-state index contributed by atoms with van der Waals surface area (Å²) in [6.07, 6.45) is 3.94. The lowest BCUT2D eigenvalue weighted by Crippen LogP contribution is -2.54. The molecule has 1 unspecified atom stereocenters. The van der Waals surface area contributed by atoms with Gasteiger partial charge in [0.1, 0.15) is 0 Å². The van der Waals surface area contributed by atoms with Crippen LogP contribution < -0.4 is 5.32 Å². The van der Waals surface area contributed by atoms with Crippen molar-refractivity contribution in [3.8, 4) is 0 Å². The van der Waals surface area contributed by atoms with Crippen LogP contribution in [0.4, 0.5) is 0 Å². The van der Waals surface area contributed by atoms with Crippen molar-refractivity contribution in [2.24, 2.45) is 11.3 Å². The van der Waals surface area contributed by atoms with Crippen molar-refractivity contribution in [1.82, 2.24) is 5.32 Å². The fourth-order valence-electron chi connectivity index (χ4n) is 3.40. The summed E-state index contributed by atoms with van der Waals surface area (Å²) in [5.74, 6) is 0.774. The van der Waals surface area contributed by atoms with E-state index < -0.39 is 0 Å². The predicted octanol–water partition coefficient (Wildman–Crippen LogP) is 0.808. The van der Waals surface area contributed by atoms with Gasteiger partial charge in [0, 0.05) is 31.7 Å². The van der Waals surface area contributed by atoms with Crippen molar-refractivity contribution >= 4 is 0 Å². The zero-order valence-electron chi connectivity index (χ0n) is 10.5. The topological polar surface area (TPSA) is 39.7 Å². The number of hydrogen-bond acceptors (Lipinski definition) is 4. The maximum atomic E-state index is 5.85. The van der Waals surface area contributed by atoms with E-state index in [-0.39, 0.29) is 0 Å². The predicted molar refractivity (Wildman–Crippen MR) is 64.0 cm³/mol. The van der Waals surface area contributed by atoms with Gasteiger partial charge < -0.3 is 19.5 Å². The molecule has 3 heterocycles. The van der Waals surface area contributed by atoms with Crippen molar-refractivity contribution < 1.29 is 14.2 Å². The summed E-state index contributed by atoms with van der Waals surface area (Å²) < 4.78 is 16.8. The Morgan fingerprint density at radius 1 is 1.06 bits per heavy atom. The Kier molecular flexibility index (Phi) is 3.66. The molecule has 0 amide bonds. The van der Waals surface area contributed by atoms with Gasteiger partial charge in [-0.15, -0.1) is 0 Å². The highest BCUT2D eigenvalue weighted by molar-refractivity contribution is 4.95. The van der Waals surface area contributed by atoms with Crippen LogP contribution in [-0.4, -0.2) is 52.2 Å². The molecule has 0 bridgehead atoms. The van der Waals surface area contributed by atoms with Crippen molar-refractivity contribution in [1.29, 1.82) is 0 Å². The summed E-state index contributed by atoms with van der Waals surface area (Å²) in [5.41, 5.74) is 0.382. The molecular weight excluding hydrogens is 218 g/mol. The molecule has 0 aromatic rings. The Hall–Kier alpha value is -0.160. The normalized spacial score (nSPS) is 34.2. The molecule has 0 aliphatic carbocycles. The maximum absolute atomic E-state index is 5.85. The highest BCUT2D eigenvalue weighted by Gasteiger charge is 2.47. The molecule has 3 fully saturated rings. The number of nitrogens with one attached hydrogen (secondary N) is 1. The molecule has 0 aromatic heterocycles. The molecule has 0 spiro atoms. The second-order valence-electron chi connectivity index (χ2n) is 5.64. The fourth-order valence-corrected chi connectivity index (χ4v) is 3.40. The molecule has 3 saturated heterocycles. The van der Waals surface area contributed by atoms with Crippen LogP contribution in [0.5, 0.6) is 0 Å². The van der Waals surface area contributed by atoms with E-state index >= 15 is 0 Å². The highest BCUT2D eigenvalue weighted by atomic mass is 16.5. The molecule has 4 heteroatoms. The number of rotatable bonds is 3. The van der Waals surface area contributed by atoms with Crippen LogP contribution >= 0.6 is 0 Å². The van der Waals surface area contributed by atoms with E-state index in [1.165, 1.54) is 12.8 Å². The van der Waals surface area contributed by atoms with Gasteiger partial charge in [-0.05, 0) is 25.2 Å².